The van der Waals surface area contributed by atoms with E-state index in [9.17, 15) is 9.59 Å². The van der Waals surface area contributed by atoms with Crippen molar-refractivity contribution < 1.29 is 9.21 Å². The molecule has 2 heterocycles. The first-order valence-electron chi connectivity index (χ1n) is 8.44. The van der Waals surface area contributed by atoms with Crippen LogP contribution in [0.25, 0.3) is 21.9 Å². The number of para-hydroxylation sites is 1. The Hall–Kier alpha value is -3.12. The average Bonchev–Trinajstić information content (AvgIpc) is 3.09. The lowest BCUT2D eigenvalue weighted by atomic mass is 10.2. The molecule has 0 spiro atoms. The van der Waals surface area contributed by atoms with Gasteiger partial charge in [-0.2, -0.15) is 0 Å². The number of halogens is 1. The van der Waals surface area contributed by atoms with Crippen LogP contribution in [0.1, 0.15) is 18.7 Å². The molecule has 0 aliphatic carbocycles. The van der Waals surface area contributed by atoms with E-state index in [2.05, 4.69) is 10.3 Å². The third-order valence-electron chi connectivity index (χ3n) is 4.35. The van der Waals surface area contributed by atoms with E-state index in [0.717, 1.165) is 11.0 Å². The van der Waals surface area contributed by atoms with Crippen LogP contribution < -0.4 is 10.9 Å². The van der Waals surface area contributed by atoms with Crippen molar-refractivity contribution >= 4 is 39.4 Å². The fourth-order valence-electron chi connectivity index (χ4n) is 2.97. The first-order valence-corrected chi connectivity index (χ1v) is 8.81. The van der Waals surface area contributed by atoms with E-state index in [4.69, 9.17) is 16.0 Å². The van der Waals surface area contributed by atoms with Crippen LogP contribution >= 0.6 is 11.6 Å². The van der Waals surface area contributed by atoms with Crippen molar-refractivity contribution in [1.82, 2.24) is 14.9 Å². The van der Waals surface area contributed by atoms with E-state index >= 15 is 0 Å². The summed E-state index contributed by atoms with van der Waals surface area (Å²) in [5.74, 6) is 0.341. The molecule has 0 saturated carbocycles. The second kappa shape index (κ2) is 6.89. The van der Waals surface area contributed by atoms with Gasteiger partial charge in [-0.1, -0.05) is 29.8 Å². The van der Waals surface area contributed by atoms with Gasteiger partial charge < -0.3 is 9.73 Å². The number of benzene rings is 2. The lowest BCUT2D eigenvalue weighted by molar-refractivity contribution is -0.122. The number of hydrogen-bond donors (Lipinski definition) is 1. The SMILES string of the molecule is C[C@H](NC(=O)Cn1cnc2ccc(Cl)cc2c1=O)c1cc2ccccc2o1. The topological polar surface area (TPSA) is 77.1 Å². The first-order chi connectivity index (χ1) is 13.0. The number of rotatable bonds is 4. The van der Waals surface area contributed by atoms with Gasteiger partial charge in [0.25, 0.3) is 5.56 Å². The Kier molecular flexibility index (Phi) is 4.41. The molecular formula is C20H16ClN3O3. The number of nitrogens with zero attached hydrogens (tertiary/aromatic N) is 2. The fraction of sp³-hybridized carbons (Fsp3) is 0.150. The van der Waals surface area contributed by atoms with Gasteiger partial charge in [-0.05, 0) is 37.3 Å². The van der Waals surface area contributed by atoms with Crippen molar-refractivity contribution in [2.75, 3.05) is 0 Å². The number of hydrogen-bond acceptors (Lipinski definition) is 4. The van der Waals surface area contributed by atoms with E-state index in [-0.39, 0.29) is 24.1 Å². The standard InChI is InChI=1S/C20H16ClN3O3/c1-12(18-8-13-4-2-3-5-17(13)27-18)23-19(25)10-24-11-22-16-7-6-14(21)9-15(16)20(24)26/h2-9,11-12H,10H2,1H3,(H,23,25)/t12-/m0/s1. The lowest BCUT2D eigenvalue weighted by Gasteiger charge is -2.12. The quantitative estimate of drug-likeness (QED) is 0.585. The van der Waals surface area contributed by atoms with Gasteiger partial charge in [-0.15, -0.1) is 0 Å². The van der Waals surface area contributed by atoms with Crippen molar-refractivity contribution in [3.05, 3.63) is 76.0 Å². The molecule has 0 aliphatic rings. The molecule has 4 aromatic rings. The maximum atomic E-state index is 12.6. The summed E-state index contributed by atoms with van der Waals surface area (Å²) in [6.45, 7) is 1.69. The minimum Gasteiger partial charge on any atom is -0.459 e. The lowest BCUT2D eigenvalue weighted by Crippen LogP contribution is -2.33. The molecule has 0 bridgehead atoms. The number of carbonyl (C=O) groups is 1. The summed E-state index contributed by atoms with van der Waals surface area (Å²) >= 11 is 5.95. The molecule has 27 heavy (non-hydrogen) atoms. The Morgan fingerprint density at radius 1 is 1.26 bits per heavy atom. The van der Waals surface area contributed by atoms with Gasteiger partial charge in [0.05, 0.1) is 23.3 Å². The second-order valence-electron chi connectivity index (χ2n) is 6.31. The van der Waals surface area contributed by atoms with Gasteiger partial charge in [0, 0.05) is 10.4 Å². The van der Waals surface area contributed by atoms with Crippen molar-refractivity contribution in [1.29, 1.82) is 0 Å². The van der Waals surface area contributed by atoms with E-state index in [1.807, 2.05) is 37.3 Å². The molecule has 1 N–H and O–H groups in total. The van der Waals surface area contributed by atoms with Gasteiger partial charge in [-0.25, -0.2) is 4.98 Å². The predicted molar refractivity (Wildman–Crippen MR) is 104 cm³/mol. The van der Waals surface area contributed by atoms with Crippen LogP contribution in [-0.4, -0.2) is 15.5 Å². The largest absolute Gasteiger partial charge is 0.459 e. The summed E-state index contributed by atoms with van der Waals surface area (Å²) in [6.07, 6.45) is 1.37. The van der Waals surface area contributed by atoms with Crippen LogP contribution in [0.4, 0.5) is 0 Å². The average molecular weight is 382 g/mol. The third kappa shape index (κ3) is 3.44. The van der Waals surface area contributed by atoms with Gasteiger partial charge in [-0.3, -0.25) is 14.2 Å². The Balaban J connectivity index is 1.53. The van der Waals surface area contributed by atoms with E-state index in [0.29, 0.717) is 21.7 Å². The number of aromatic nitrogens is 2. The van der Waals surface area contributed by atoms with Crippen molar-refractivity contribution in [2.45, 2.75) is 19.5 Å². The number of furan rings is 1. The molecule has 2 aromatic heterocycles. The highest BCUT2D eigenvalue weighted by Crippen LogP contribution is 2.23. The van der Waals surface area contributed by atoms with Gasteiger partial charge >= 0.3 is 0 Å². The van der Waals surface area contributed by atoms with Gasteiger partial charge in [0.15, 0.2) is 0 Å². The molecular weight excluding hydrogens is 366 g/mol. The molecule has 0 aliphatic heterocycles. The molecule has 1 amide bonds. The number of nitrogens with one attached hydrogen (secondary N) is 1. The summed E-state index contributed by atoms with van der Waals surface area (Å²) in [6, 6.07) is 14.1. The molecule has 136 valence electrons. The molecule has 4 rings (SSSR count). The van der Waals surface area contributed by atoms with Crippen LogP contribution in [0.5, 0.6) is 0 Å². The molecule has 0 fully saturated rings. The number of amides is 1. The monoisotopic (exact) mass is 381 g/mol. The van der Waals surface area contributed by atoms with E-state index in [1.54, 1.807) is 18.2 Å². The van der Waals surface area contributed by atoms with Crippen LogP contribution in [0.15, 0.2) is 64.1 Å². The minimum absolute atomic E-state index is 0.140. The Labute approximate surface area is 159 Å². The molecule has 7 heteroatoms. The molecule has 0 unspecified atom stereocenters. The van der Waals surface area contributed by atoms with E-state index < -0.39 is 0 Å². The zero-order chi connectivity index (χ0) is 19.0. The normalized spacial score (nSPS) is 12.4. The van der Waals surface area contributed by atoms with Crippen molar-refractivity contribution in [3.8, 4) is 0 Å². The molecule has 0 radical (unpaired) electrons. The second-order valence-corrected chi connectivity index (χ2v) is 6.75. The van der Waals surface area contributed by atoms with E-state index in [1.165, 1.54) is 10.9 Å². The maximum Gasteiger partial charge on any atom is 0.261 e. The highest BCUT2D eigenvalue weighted by Gasteiger charge is 2.15. The van der Waals surface area contributed by atoms with Crippen LogP contribution in [0.3, 0.4) is 0 Å². The maximum absolute atomic E-state index is 12.6. The molecule has 2 aromatic carbocycles. The Morgan fingerprint density at radius 2 is 2.07 bits per heavy atom. The summed E-state index contributed by atoms with van der Waals surface area (Å²) in [4.78, 5) is 29.2. The summed E-state index contributed by atoms with van der Waals surface area (Å²) in [5, 5.41) is 4.64. The Bertz CT molecular complexity index is 1180. The highest BCUT2D eigenvalue weighted by molar-refractivity contribution is 6.31. The van der Waals surface area contributed by atoms with Crippen molar-refractivity contribution in [2.24, 2.45) is 0 Å². The van der Waals surface area contributed by atoms with Crippen molar-refractivity contribution in [3.63, 3.8) is 0 Å². The number of fused-ring (bicyclic) bond motifs is 2. The van der Waals surface area contributed by atoms with Crippen LogP contribution in [0.2, 0.25) is 5.02 Å². The highest BCUT2D eigenvalue weighted by atomic mass is 35.5. The van der Waals surface area contributed by atoms with Gasteiger partial charge in [0.1, 0.15) is 17.9 Å². The zero-order valence-electron chi connectivity index (χ0n) is 14.5. The summed E-state index contributed by atoms with van der Waals surface area (Å²) in [5.41, 5.74) is 0.992. The molecule has 6 nitrogen and oxygen atoms in total. The summed E-state index contributed by atoms with van der Waals surface area (Å²) < 4.78 is 7.03. The third-order valence-corrected chi connectivity index (χ3v) is 4.58. The predicted octanol–water partition coefficient (Wildman–Crippen LogP) is 3.67. The summed E-state index contributed by atoms with van der Waals surface area (Å²) in [7, 11) is 0. The minimum atomic E-state index is -0.330. The fourth-order valence-corrected chi connectivity index (χ4v) is 3.14. The van der Waals surface area contributed by atoms with Crippen LogP contribution in [0, 0.1) is 0 Å². The zero-order valence-corrected chi connectivity index (χ0v) is 15.2. The Morgan fingerprint density at radius 3 is 2.89 bits per heavy atom. The van der Waals surface area contributed by atoms with Gasteiger partial charge in [0.2, 0.25) is 5.91 Å². The molecule has 0 saturated heterocycles. The first kappa shape index (κ1) is 17.3. The smallest absolute Gasteiger partial charge is 0.261 e. The molecule has 1 atom stereocenters. The number of carbonyl (C=O) groups excluding carboxylic acids is 1. The van der Waals surface area contributed by atoms with Crippen LogP contribution in [-0.2, 0) is 11.3 Å².